The van der Waals surface area contributed by atoms with Gasteiger partial charge in [-0.25, -0.2) is 0 Å². The first-order valence-electron chi connectivity index (χ1n) is 19.0. The SMILES string of the molecule is CO[C@@H]1OC(CO)[C@@H](O[C@@H]2OC(CO)[C@H](O[C@H]3OC(CO)[C@H](O)C(O[C@@H]4OC(CO)[C@H](O)C(O[C@@H]5OC(CO)[C@H](O)C(O)C5O)C4NC(C)=O)C3O)C(O)C2O)C(O)C1O. The Morgan fingerprint density at radius 2 is 0.767 bits per heavy atom. The van der Waals surface area contributed by atoms with Crippen molar-refractivity contribution in [3.8, 4) is 0 Å². The van der Waals surface area contributed by atoms with E-state index in [2.05, 4.69) is 5.32 Å². The van der Waals surface area contributed by atoms with E-state index in [1.54, 1.807) is 0 Å². The topological polar surface area (TPSA) is 425 Å². The Balaban J connectivity index is 1.35. The zero-order chi connectivity index (χ0) is 44.3. The normalized spacial score (nSPS) is 50.3. The van der Waals surface area contributed by atoms with Crippen LogP contribution in [0.3, 0.4) is 0 Å². The average Bonchev–Trinajstić information content (AvgIpc) is 3.23. The van der Waals surface area contributed by atoms with Crippen LogP contribution in [0.2, 0.25) is 0 Å². The standard InChI is InChI=1S/C33H57NO26/c1-8(40)34-14-27(59-31-21(47)18(44)15(41)9(3-35)53-31)16(42)10(4-36)52-29(14)60-28-17(43)11(5-37)54-33(24(28)50)58-26-13(7-39)56-32(23(49)20(26)46)57-25-12(6-38)55-30(51-2)22(48)19(25)45/h9-33,35-39,41-50H,3-7H2,1-2H3,(H,34,40)/t9?,10?,11?,12?,13?,14?,15-,16-,17-,18?,19?,20?,21?,22?,23?,24?,25+,26-,27?,28?,29-,30+,31-,32-,33+/m0/s1. The van der Waals surface area contributed by atoms with E-state index in [4.69, 9.17) is 47.4 Å². The minimum absolute atomic E-state index is 0.766. The molecule has 0 aliphatic carbocycles. The predicted octanol–water partition coefficient (Wildman–Crippen LogP) is -11.1. The van der Waals surface area contributed by atoms with E-state index in [9.17, 15) is 81.4 Å². The molecule has 5 saturated heterocycles. The number of amides is 1. The molecule has 0 spiro atoms. The van der Waals surface area contributed by atoms with Crippen LogP contribution in [0.25, 0.3) is 0 Å². The summed E-state index contributed by atoms with van der Waals surface area (Å²) < 4.78 is 55.7. The number of hydrogen-bond acceptors (Lipinski definition) is 26. The van der Waals surface area contributed by atoms with Crippen molar-refractivity contribution >= 4 is 5.91 Å². The van der Waals surface area contributed by atoms with Gasteiger partial charge < -0.3 is 129 Å². The number of hydrogen-bond donors (Lipinski definition) is 16. The zero-order valence-corrected chi connectivity index (χ0v) is 32.2. The summed E-state index contributed by atoms with van der Waals surface area (Å²) in [5.74, 6) is -0.799. The van der Waals surface area contributed by atoms with Gasteiger partial charge in [0.05, 0.1) is 33.0 Å². The third kappa shape index (κ3) is 10.2. The van der Waals surface area contributed by atoms with Crippen LogP contribution in [0, 0.1) is 0 Å². The fourth-order valence-corrected chi connectivity index (χ4v) is 7.61. The number of rotatable bonds is 15. The summed E-state index contributed by atoms with van der Waals surface area (Å²) in [4.78, 5) is 12.4. The van der Waals surface area contributed by atoms with Crippen LogP contribution in [0.1, 0.15) is 6.92 Å². The van der Waals surface area contributed by atoms with Gasteiger partial charge in [-0.2, -0.15) is 0 Å². The van der Waals surface area contributed by atoms with Crippen LogP contribution < -0.4 is 5.32 Å². The Kier molecular flexibility index (Phi) is 17.7. The average molecular weight is 884 g/mol. The van der Waals surface area contributed by atoms with Gasteiger partial charge in [0.15, 0.2) is 31.5 Å². The zero-order valence-electron chi connectivity index (χ0n) is 32.2. The third-order valence-electron chi connectivity index (χ3n) is 10.9. The maximum atomic E-state index is 12.4. The molecule has 0 bridgehead atoms. The van der Waals surface area contributed by atoms with Gasteiger partial charge in [0.1, 0.15) is 122 Å². The van der Waals surface area contributed by atoms with Crippen LogP contribution in [0.4, 0.5) is 0 Å². The van der Waals surface area contributed by atoms with Crippen molar-refractivity contribution in [3.63, 3.8) is 0 Å². The molecule has 27 heteroatoms. The summed E-state index contributed by atoms with van der Waals surface area (Å²) in [5.41, 5.74) is 0. The van der Waals surface area contributed by atoms with Crippen LogP contribution in [0.5, 0.6) is 0 Å². The van der Waals surface area contributed by atoms with E-state index in [1.807, 2.05) is 0 Å². The highest BCUT2D eigenvalue weighted by atomic mass is 16.8. The van der Waals surface area contributed by atoms with Gasteiger partial charge in [0, 0.05) is 14.0 Å². The van der Waals surface area contributed by atoms with Crippen LogP contribution >= 0.6 is 0 Å². The summed E-state index contributed by atoms with van der Waals surface area (Å²) in [6.45, 7) is -3.45. The van der Waals surface area contributed by atoms with Gasteiger partial charge in [0.2, 0.25) is 5.91 Å². The number of carbonyl (C=O) groups excluding carboxylic acids is 1. The Morgan fingerprint density at radius 3 is 1.23 bits per heavy atom. The third-order valence-corrected chi connectivity index (χ3v) is 10.9. The van der Waals surface area contributed by atoms with E-state index in [0.717, 1.165) is 6.92 Å². The molecule has 60 heavy (non-hydrogen) atoms. The van der Waals surface area contributed by atoms with Gasteiger partial charge in [-0.1, -0.05) is 0 Å². The fraction of sp³-hybridized carbons (Fsp3) is 0.970. The first-order valence-corrected chi connectivity index (χ1v) is 19.0. The molecule has 16 N–H and O–H groups in total. The molecule has 15 unspecified atom stereocenters. The molecule has 0 aromatic carbocycles. The molecule has 25 atom stereocenters. The van der Waals surface area contributed by atoms with Crippen LogP contribution in [0.15, 0.2) is 0 Å². The lowest BCUT2D eigenvalue weighted by Crippen LogP contribution is -2.70. The van der Waals surface area contributed by atoms with Gasteiger partial charge in [-0.05, 0) is 0 Å². The van der Waals surface area contributed by atoms with Gasteiger partial charge in [-0.3, -0.25) is 4.79 Å². The lowest BCUT2D eigenvalue weighted by molar-refractivity contribution is -0.388. The van der Waals surface area contributed by atoms with E-state index < -0.39 is 192 Å². The van der Waals surface area contributed by atoms with E-state index in [1.165, 1.54) is 7.11 Å². The molecule has 5 aliphatic heterocycles. The Hall–Kier alpha value is -1.53. The first-order chi connectivity index (χ1) is 28.5. The molecule has 27 nitrogen and oxygen atoms in total. The molecule has 350 valence electrons. The van der Waals surface area contributed by atoms with E-state index in [-0.39, 0.29) is 0 Å². The molecule has 0 radical (unpaired) electrons. The fourth-order valence-electron chi connectivity index (χ4n) is 7.61. The Morgan fingerprint density at radius 1 is 0.417 bits per heavy atom. The van der Waals surface area contributed by atoms with Gasteiger partial charge in [0.25, 0.3) is 0 Å². The summed E-state index contributed by atoms with van der Waals surface area (Å²) >= 11 is 0. The number of aliphatic hydroxyl groups excluding tert-OH is 15. The predicted molar refractivity (Wildman–Crippen MR) is 183 cm³/mol. The molecule has 1 amide bonds. The first kappa shape index (κ1) is 49.5. The molecule has 5 aliphatic rings. The molecule has 0 saturated carbocycles. The maximum absolute atomic E-state index is 12.4. The maximum Gasteiger partial charge on any atom is 0.217 e. The lowest BCUT2D eigenvalue weighted by atomic mass is 9.94. The Labute approximate surface area is 340 Å². The van der Waals surface area contributed by atoms with Gasteiger partial charge >= 0.3 is 0 Å². The van der Waals surface area contributed by atoms with Crippen molar-refractivity contribution in [1.82, 2.24) is 5.32 Å². The number of aliphatic hydroxyl groups is 15. The van der Waals surface area contributed by atoms with Crippen molar-refractivity contribution in [2.75, 3.05) is 40.1 Å². The molecular weight excluding hydrogens is 826 g/mol. The second kappa shape index (κ2) is 21.4. The summed E-state index contributed by atoms with van der Waals surface area (Å²) in [6.07, 6.45) is -43.0. The van der Waals surface area contributed by atoms with Crippen molar-refractivity contribution in [2.45, 2.75) is 160 Å². The molecule has 0 aromatic rings. The second-order valence-corrected chi connectivity index (χ2v) is 14.9. The summed E-state index contributed by atoms with van der Waals surface area (Å²) in [5, 5.41) is 161. The van der Waals surface area contributed by atoms with Crippen molar-refractivity contribution in [2.24, 2.45) is 0 Å². The summed E-state index contributed by atoms with van der Waals surface area (Å²) in [7, 11) is 1.17. The number of methoxy groups -OCH3 is 1. The van der Waals surface area contributed by atoms with Crippen LogP contribution in [-0.4, -0.2) is 276 Å². The van der Waals surface area contributed by atoms with Crippen molar-refractivity contribution in [3.05, 3.63) is 0 Å². The highest BCUT2D eigenvalue weighted by Crippen LogP contribution is 2.36. The van der Waals surface area contributed by atoms with E-state index >= 15 is 0 Å². The highest BCUT2D eigenvalue weighted by Gasteiger charge is 2.57. The molecule has 0 aromatic heterocycles. The quantitative estimate of drug-likeness (QED) is 0.0726. The minimum Gasteiger partial charge on any atom is -0.394 e. The molecular formula is C33H57NO26. The van der Waals surface area contributed by atoms with Crippen LogP contribution in [-0.2, 0) is 52.2 Å². The van der Waals surface area contributed by atoms with Crippen molar-refractivity contribution < 1.29 is 129 Å². The lowest BCUT2D eigenvalue weighted by Gasteiger charge is -2.50. The largest absolute Gasteiger partial charge is 0.394 e. The summed E-state index contributed by atoms with van der Waals surface area (Å²) in [6, 6.07) is -1.67. The minimum atomic E-state index is -2.14. The van der Waals surface area contributed by atoms with E-state index in [0.29, 0.717) is 0 Å². The van der Waals surface area contributed by atoms with Gasteiger partial charge in [-0.15, -0.1) is 0 Å². The van der Waals surface area contributed by atoms with Crippen molar-refractivity contribution in [1.29, 1.82) is 0 Å². The smallest absolute Gasteiger partial charge is 0.217 e. The highest BCUT2D eigenvalue weighted by molar-refractivity contribution is 5.73. The molecule has 5 rings (SSSR count). The molecule has 5 heterocycles. The number of carbonyl (C=O) groups is 1. The monoisotopic (exact) mass is 883 g/mol. The Bertz CT molecular complexity index is 1340. The molecule has 5 fully saturated rings. The second-order valence-electron chi connectivity index (χ2n) is 14.9. The number of ether oxygens (including phenoxy) is 10. The number of nitrogens with one attached hydrogen (secondary N) is 1.